The summed E-state index contributed by atoms with van der Waals surface area (Å²) in [5.41, 5.74) is 0. The van der Waals surface area contributed by atoms with Gasteiger partial charge in [-0.2, -0.15) is 0 Å². The number of hydrogen-bond donors (Lipinski definition) is 3. The number of hydrogen-bond acceptors (Lipinski definition) is 15. The van der Waals surface area contributed by atoms with Gasteiger partial charge in [0, 0.05) is 25.7 Å². The molecular weight excluding hydrogens is 1070 g/mol. The maximum absolute atomic E-state index is 12.9. The maximum atomic E-state index is 12.9. The summed E-state index contributed by atoms with van der Waals surface area (Å²) in [5.74, 6) is -0.0204. The van der Waals surface area contributed by atoms with Crippen LogP contribution in [0, 0.1) is 17.8 Å². The SMILES string of the molecule is CCCCCCCCCCC(=O)OC[C@H](COP(=O)(O)OC[C@H](O)COP(=O)(O)OC[C@@H](COC(=O)CCCCCCCCCC(C)C)OC(=O)CCCCCCCCCCCCC(C)C)OC(=O)CCCCCCCCC(C)C. The van der Waals surface area contributed by atoms with Crippen LogP contribution in [-0.2, 0) is 65.4 Å². The number of rotatable bonds is 59. The molecule has 17 nitrogen and oxygen atoms in total. The van der Waals surface area contributed by atoms with Crippen LogP contribution in [0.1, 0.15) is 292 Å². The minimum absolute atomic E-state index is 0.101. The van der Waals surface area contributed by atoms with Crippen LogP contribution in [0.3, 0.4) is 0 Å². The number of aliphatic hydroxyl groups excluding tert-OH is 1. The quantitative estimate of drug-likeness (QED) is 0.0222. The molecule has 0 aromatic rings. The fourth-order valence-corrected chi connectivity index (χ4v) is 10.5. The first-order valence-electron chi connectivity index (χ1n) is 31.8. The highest BCUT2D eigenvalue weighted by Crippen LogP contribution is 2.45. The van der Waals surface area contributed by atoms with Gasteiger partial charge in [-0.3, -0.25) is 37.3 Å². The highest BCUT2D eigenvalue weighted by molar-refractivity contribution is 7.47. The number of unbranched alkanes of at least 4 members (excludes halogenated alkanes) is 27. The van der Waals surface area contributed by atoms with Crippen LogP contribution in [0.4, 0.5) is 0 Å². The van der Waals surface area contributed by atoms with E-state index < -0.39 is 97.5 Å². The van der Waals surface area contributed by atoms with Gasteiger partial charge in [-0.1, -0.05) is 241 Å². The number of phosphoric acid groups is 2. The van der Waals surface area contributed by atoms with Crippen molar-refractivity contribution >= 4 is 39.5 Å². The van der Waals surface area contributed by atoms with Gasteiger partial charge in [0.2, 0.25) is 0 Å². The zero-order valence-corrected chi connectivity index (χ0v) is 53.3. The summed E-state index contributed by atoms with van der Waals surface area (Å²) in [6.07, 6.45) is 32.4. The first-order valence-corrected chi connectivity index (χ1v) is 34.8. The number of ether oxygens (including phenoxy) is 4. The molecule has 0 bridgehead atoms. The first kappa shape index (κ1) is 78.1. The monoisotopic (exact) mass is 1180 g/mol. The summed E-state index contributed by atoms with van der Waals surface area (Å²) in [7, 11) is -9.88. The van der Waals surface area contributed by atoms with Gasteiger partial charge in [-0.15, -0.1) is 0 Å². The van der Waals surface area contributed by atoms with Gasteiger partial charge in [0.25, 0.3) is 0 Å². The molecule has 0 aliphatic heterocycles. The van der Waals surface area contributed by atoms with Crippen LogP contribution in [-0.4, -0.2) is 96.7 Å². The third kappa shape index (κ3) is 55.3. The molecule has 0 aliphatic carbocycles. The van der Waals surface area contributed by atoms with Gasteiger partial charge in [0.1, 0.15) is 19.3 Å². The molecule has 0 saturated heterocycles. The first-order chi connectivity index (χ1) is 38.2. The van der Waals surface area contributed by atoms with Crippen molar-refractivity contribution < 1.29 is 80.2 Å². The van der Waals surface area contributed by atoms with E-state index in [9.17, 15) is 43.2 Å². The molecule has 0 aromatic carbocycles. The van der Waals surface area contributed by atoms with Gasteiger partial charge >= 0.3 is 39.5 Å². The van der Waals surface area contributed by atoms with Crippen molar-refractivity contribution in [2.45, 2.75) is 311 Å². The van der Waals surface area contributed by atoms with Gasteiger partial charge in [-0.25, -0.2) is 9.13 Å². The lowest BCUT2D eigenvalue weighted by molar-refractivity contribution is -0.161. The smallest absolute Gasteiger partial charge is 0.462 e. The fraction of sp³-hybridized carbons (Fsp3) is 0.934. The number of esters is 4. The molecule has 2 unspecified atom stereocenters. The van der Waals surface area contributed by atoms with Crippen molar-refractivity contribution in [3.8, 4) is 0 Å². The van der Waals surface area contributed by atoms with E-state index in [4.69, 9.17) is 37.0 Å². The molecule has 3 N–H and O–H groups in total. The number of aliphatic hydroxyl groups is 1. The third-order valence-corrected chi connectivity index (χ3v) is 15.8. The zero-order valence-electron chi connectivity index (χ0n) is 51.5. The van der Waals surface area contributed by atoms with Gasteiger partial charge in [-0.05, 0) is 43.4 Å². The maximum Gasteiger partial charge on any atom is 0.472 e. The van der Waals surface area contributed by atoms with E-state index in [-0.39, 0.29) is 25.7 Å². The topological polar surface area (TPSA) is 237 Å². The van der Waals surface area contributed by atoms with E-state index in [0.717, 1.165) is 109 Å². The lowest BCUT2D eigenvalue weighted by Gasteiger charge is -2.21. The predicted molar refractivity (Wildman–Crippen MR) is 317 cm³/mol. The molecule has 0 rings (SSSR count). The average molecular weight is 1190 g/mol. The van der Waals surface area contributed by atoms with E-state index in [2.05, 4.69) is 48.5 Å². The van der Waals surface area contributed by atoms with Gasteiger partial charge in [0.05, 0.1) is 26.4 Å². The summed E-state index contributed by atoms with van der Waals surface area (Å²) in [6.45, 7) is 11.6. The Labute approximate surface area is 486 Å². The van der Waals surface area contributed by atoms with Crippen LogP contribution in [0.15, 0.2) is 0 Å². The fourth-order valence-electron chi connectivity index (χ4n) is 8.95. The summed E-state index contributed by atoms with van der Waals surface area (Å²) in [5, 5.41) is 10.5. The molecule has 0 radical (unpaired) electrons. The normalized spacial score (nSPS) is 14.5. The van der Waals surface area contributed by atoms with E-state index in [1.54, 1.807) is 0 Å². The van der Waals surface area contributed by atoms with E-state index >= 15 is 0 Å². The zero-order chi connectivity index (χ0) is 59.5. The average Bonchev–Trinajstić information content (AvgIpc) is 3.40. The Kier molecular flexibility index (Phi) is 51.3. The summed E-state index contributed by atoms with van der Waals surface area (Å²) < 4.78 is 67.8. The Bertz CT molecular complexity index is 1600. The molecule has 19 heteroatoms. The highest BCUT2D eigenvalue weighted by Gasteiger charge is 2.30. The number of carbonyl (C=O) groups is 4. The number of phosphoric ester groups is 2. The Balaban J connectivity index is 5.23. The Morgan fingerprint density at radius 1 is 0.338 bits per heavy atom. The minimum atomic E-state index is -4.94. The van der Waals surface area contributed by atoms with E-state index in [1.165, 1.54) is 89.9 Å². The highest BCUT2D eigenvalue weighted by atomic mass is 31.2. The summed E-state index contributed by atoms with van der Waals surface area (Å²) in [4.78, 5) is 71.9. The largest absolute Gasteiger partial charge is 0.472 e. The molecule has 80 heavy (non-hydrogen) atoms. The summed E-state index contributed by atoms with van der Waals surface area (Å²) >= 11 is 0. The third-order valence-electron chi connectivity index (χ3n) is 13.9. The predicted octanol–water partition coefficient (Wildman–Crippen LogP) is 16.3. The van der Waals surface area contributed by atoms with Crippen molar-refractivity contribution in [3.63, 3.8) is 0 Å². The molecule has 0 aliphatic rings. The Morgan fingerprint density at radius 2 is 0.575 bits per heavy atom. The molecule has 5 atom stereocenters. The molecule has 0 amide bonds. The molecule has 0 aromatic heterocycles. The van der Waals surface area contributed by atoms with Gasteiger partial charge in [0.15, 0.2) is 12.2 Å². The molecular formula is C61H118O17P2. The van der Waals surface area contributed by atoms with Gasteiger partial charge < -0.3 is 33.8 Å². The van der Waals surface area contributed by atoms with Crippen LogP contribution >= 0.6 is 15.6 Å². The van der Waals surface area contributed by atoms with Crippen LogP contribution in [0.25, 0.3) is 0 Å². The number of carbonyl (C=O) groups excluding carboxylic acids is 4. The van der Waals surface area contributed by atoms with Crippen molar-refractivity contribution in [1.82, 2.24) is 0 Å². The van der Waals surface area contributed by atoms with E-state index in [1.807, 2.05) is 0 Å². The van der Waals surface area contributed by atoms with Crippen LogP contribution in [0.5, 0.6) is 0 Å². The lowest BCUT2D eigenvalue weighted by Crippen LogP contribution is -2.30. The second-order valence-electron chi connectivity index (χ2n) is 23.5. The Morgan fingerprint density at radius 3 is 0.850 bits per heavy atom. The standard InChI is InChI=1S/C61H118O17P2/c1-8-9-10-11-12-20-28-35-42-58(63)71-49-57(78-61(66)45-38-31-24-23-27-34-41-54(6)7)51-76-80(69,70)74-47-55(62)46-73-79(67,68)75-50-56(48-72-59(64)43-36-29-22-17-19-26-33-40-53(4)5)77-60(65)44-37-30-21-16-14-13-15-18-25-32-39-52(2)3/h52-57,62H,8-51H2,1-7H3,(H,67,68)(H,69,70)/t55-,56-,57-/m1/s1. The lowest BCUT2D eigenvalue weighted by atomic mass is 10.0. The second-order valence-corrected chi connectivity index (χ2v) is 26.4. The van der Waals surface area contributed by atoms with Crippen LogP contribution in [0.2, 0.25) is 0 Å². The summed E-state index contributed by atoms with van der Waals surface area (Å²) in [6, 6.07) is 0. The minimum Gasteiger partial charge on any atom is -0.462 e. The van der Waals surface area contributed by atoms with Crippen molar-refractivity contribution in [1.29, 1.82) is 0 Å². The molecule has 474 valence electrons. The second kappa shape index (κ2) is 52.6. The molecule has 0 heterocycles. The Hall–Kier alpha value is -1.94. The van der Waals surface area contributed by atoms with Crippen molar-refractivity contribution in [2.75, 3.05) is 39.6 Å². The van der Waals surface area contributed by atoms with E-state index in [0.29, 0.717) is 37.5 Å². The van der Waals surface area contributed by atoms with Crippen molar-refractivity contribution in [2.24, 2.45) is 17.8 Å². The molecule has 0 saturated carbocycles. The molecule has 0 spiro atoms. The molecule has 0 fully saturated rings. The van der Waals surface area contributed by atoms with Crippen molar-refractivity contribution in [3.05, 3.63) is 0 Å². The van der Waals surface area contributed by atoms with Crippen LogP contribution < -0.4 is 0 Å².